The van der Waals surface area contributed by atoms with Crippen LogP contribution in [-0.4, -0.2) is 82.2 Å². The van der Waals surface area contributed by atoms with E-state index < -0.39 is 36.4 Å². The van der Waals surface area contributed by atoms with Crippen LogP contribution < -0.4 is 0 Å². The standard InChI is InChI=1S/C24H40O9/c1-14(11-21(28)31-9-7-5-4-6-8-20(26)27)10-18-23(30)22(29)17(13-32-18)12-19-24(33-19)15(2)16(3)25/h11,15-19,22-25,29-30H,4-10,12-13H2,1-3H3,(H,26,27). The van der Waals surface area contributed by atoms with Gasteiger partial charge in [0.05, 0.1) is 43.7 Å². The molecule has 190 valence electrons. The lowest BCUT2D eigenvalue weighted by molar-refractivity contribution is -0.165. The topological polar surface area (TPSA) is 146 Å². The zero-order valence-electron chi connectivity index (χ0n) is 19.9. The largest absolute Gasteiger partial charge is 0.481 e. The van der Waals surface area contributed by atoms with Crippen molar-refractivity contribution in [2.24, 2.45) is 11.8 Å². The SMILES string of the molecule is CC(=CC(=O)OCCCCCCC(=O)O)CC1OCC(CC2OC2C(C)C(C)O)C(O)C1O. The molecule has 0 spiro atoms. The molecule has 0 saturated carbocycles. The lowest BCUT2D eigenvalue weighted by Crippen LogP contribution is -2.50. The summed E-state index contributed by atoms with van der Waals surface area (Å²) >= 11 is 0. The Balaban J connectivity index is 1.67. The van der Waals surface area contributed by atoms with E-state index in [1.54, 1.807) is 13.8 Å². The van der Waals surface area contributed by atoms with Crippen molar-refractivity contribution in [1.82, 2.24) is 0 Å². The maximum atomic E-state index is 12.0. The smallest absolute Gasteiger partial charge is 0.330 e. The highest BCUT2D eigenvalue weighted by atomic mass is 16.6. The van der Waals surface area contributed by atoms with Gasteiger partial charge in [-0.3, -0.25) is 4.79 Å². The Morgan fingerprint density at radius 1 is 1.09 bits per heavy atom. The van der Waals surface area contributed by atoms with Gasteiger partial charge in [0.15, 0.2) is 0 Å². The van der Waals surface area contributed by atoms with E-state index >= 15 is 0 Å². The van der Waals surface area contributed by atoms with Crippen molar-refractivity contribution < 1.29 is 44.2 Å². The van der Waals surface area contributed by atoms with Crippen LogP contribution in [-0.2, 0) is 23.8 Å². The first-order valence-corrected chi connectivity index (χ1v) is 12.0. The first-order chi connectivity index (χ1) is 15.6. The molecule has 2 fully saturated rings. The van der Waals surface area contributed by atoms with Crippen molar-refractivity contribution in [2.75, 3.05) is 13.2 Å². The maximum absolute atomic E-state index is 12.0. The summed E-state index contributed by atoms with van der Waals surface area (Å²) in [7, 11) is 0. The highest BCUT2D eigenvalue weighted by Crippen LogP contribution is 2.38. The minimum absolute atomic E-state index is 0.0128. The van der Waals surface area contributed by atoms with Crippen LogP contribution in [0.4, 0.5) is 0 Å². The van der Waals surface area contributed by atoms with E-state index in [-0.39, 0.29) is 43.7 Å². The highest BCUT2D eigenvalue weighted by molar-refractivity contribution is 5.82. The number of epoxide rings is 1. The average Bonchev–Trinajstić information content (AvgIpc) is 3.51. The van der Waals surface area contributed by atoms with Gasteiger partial charge in [-0.25, -0.2) is 4.79 Å². The summed E-state index contributed by atoms with van der Waals surface area (Å²) in [4.78, 5) is 22.4. The molecular formula is C24H40O9. The van der Waals surface area contributed by atoms with Gasteiger partial charge in [-0.15, -0.1) is 0 Å². The highest BCUT2D eigenvalue weighted by Gasteiger charge is 2.48. The van der Waals surface area contributed by atoms with Crippen molar-refractivity contribution >= 4 is 11.9 Å². The van der Waals surface area contributed by atoms with E-state index in [1.807, 2.05) is 6.92 Å². The van der Waals surface area contributed by atoms with Crippen LogP contribution in [0.25, 0.3) is 0 Å². The van der Waals surface area contributed by atoms with Crippen LogP contribution >= 0.6 is 0 Å². The lowest BCUT2D eigenvalue weighted by atomic mass is 9.85. The molecule has 9 heteroatoms. The van der Waals surface area contributed by atoms with Gasteiger partial charge >= 0.3 is 11.9 Å². The van der Waals surface area contributed by atoms with Crippen LogP contribution in [0, 0.1) is 11.8 Å². The number of esters is 1. The number of aliphatic carboxylic acids is 1. The monoisotopic (exact) mass is 472 g/mol. The first kappa shape index (κ1) is 27.7. The van der Waals surface area contributed by atoms with Gasteiger partial charge in [0, 0.05) is 24.3 Å². The predicted octanol–water partition coefficient (Wildman–Crippen LogP) is 1.81. The number of carbonyl (C=O) groups excluding carboxylic acids is 1. The van der Waals surface area contributed by atoms with Crippen molar-refractivity contribution in [3.63, 3.8) is 0 Å². The third kappa shape index (κ3) is 9.33. The van der Waals surface area contributed by atoms with Crippen molar-refractivity contribution in [3.8, 4) is 0 Å². The molecule has 2 aliphatic heterocycles. The van der Waals surface area contributed by atoms with Crippen molar-refractivity contribution in [2.45, 2.75) is 102 Å². The summed E-state index contributed by atoms with van der Waals surface area (Å²) in [6.45, 7) is 5.97. The Labute approximate surface area is 195 Å². The fraction of sp³-hybridized carbons (Fsp3) is 0.833. The third-order valence-electron chi connectivity index (χ3n) is 6.59. The van der Waals surface area contributed by atoms with Gasteiger partial charge in [-0.2, -0.15) is 0 Å². The van der Waals surface area contributed by atoms with Gasteiger partial charge < -0.3 is 34.6 Å². The van der Waals surface area contributed by atoms with Gasteiger partial charge in [-0.05, 0) is 39.5 Å². The van der Waals surface area contributed by atoms with Crippen LogP contribution in [0.5, 0.6) is 0 Å². The van der Waals surface area contributed by atoms with Crippen LogP contribution in [0.3, 0.4) is 0 Å². The number of aliphatic hydroxyl groups excluding tert-OH is 3. The Kier molecular flexibility index (Phi) is 11.2. The number of carboxylic acid groups (broad SMARTS) is 1. The van der Waals surface area contributed by atoms with Crippen molar-refractivity contribution in [1.29, 1.82) is 0 Å². The molecule has 0 radical (unpaired) electrons. The van der Waals surface area contributed by atoms with E-state index in [0.717, 1.165) is 12.8 Å². The van der Waals surface area contributed by atoms with Gasteiger partial charge in [0.2, 0.25) is 0 Å². The van der Waals surface area contributed by atoms with Gasteiger partial charge in [0.1, 0.15) is 6.10 Å². The van der Waals surface area contributed by atoms with Crippen LogP contribution in [0.1, 0.15) is 65.7 Å². The normalized spacial score (nSPS) is 31.6. The number of aliphatic hydroxyl groups is 3. The predicted molar refractivity (Wildman–Crippen MR) is 119 cm³/mol. The fourth-order valence-electron chi connectivity index (χ4n) is 4.24. The Morgan fingerprint density at radius 2 is 1.79 bits per heavy atom. The quantitative estimate of drug-likeness (QED) is 0.129. The van der Waals surface area contributed by atoms with E-state index in [2.05, 4.69) is 0 Å². The number of unbranched alkanes of at least 4 members (excludes halogenated alkanes) is 3. The minimum Gasteiger partial charge on any atom is -0.481 e. The van der Waals surface area contributed by atoms with E-state index in [1.165, 1.54) is 6.08 Å². The molecule has 0 aromatic heterocycles. The molecule has 0 aromatic rings. The molecule has 0 amide bonds. The second-order valence-electron chi connectivity index (χ2n) is 9.51. The molecule has 8 unspecified atom stereocenters. The lowest BCUT2D eigenvalue weighted by Gasteiger charge is -2.38. The number of carboxylic acids is 1. The first-order valence-electron chi connectivity index (χ1n) is 12.0. The molecule has 2 saturated heterocycles. The third-order valence-corrected chi connectivity index (χ3v) is 6.59. The minimum atomic E-state index is -1.07. The molecule has 2 heterocycles. The molecule has 0 aromatic carbocycles. The summed E-state index contributed by atoms with van der Waals surface area (Å²) in [6.07, 6.45) is 2.10. The molecule has 0 aliphatic carbocycles. The molecular weight excluding hydrogens is 432 g/mol. The van der Waals surface area contributed by atoms with Crippen molar-refractivity contribution in [3.05, 3.63) is 11.6 Å². The summed E-state index contributed by atoms with van der Waals surface area (Å²) in [5.41, 5.74) is 0.688. The zero-order chi connectivity index (χ0) is 24.5. The number of hydrogen-bond acceptors (Lipinski definition) is 8. The van der Waals surface area contributed by atoms with E-state index in [0.29, 0.717) is 31.3 Å². The number of hydrogen-bond donors (Lipinski definition) is 4. The summed E-state index contributed by atoms with van der Waals surface area (Å²) in [5, 5.41) is 39.4. The molecule has 4 N–H and O–H groups in total. The maximum Gasteiger partial charge on any atom is 0.330 e. The number of rotatable bonds is 14. The summed E-state index contributed by atoms with van der Waals surface area (Å²) in [5.74, 6) is -1.51. The number of carbonyl (C=O) groups is 2. The van der Waals surface area contributed by atoms with Crippen LogP contribution in [0.15, 0.2) is 11.6 Å². The van der Waals surface area contributed by atoms with Gasteiger partial charge in [-0.1, -0.05) is 25.3 Å². The number of ether oxygens (including phenoxy) is 3. The zero-order valence-corrected chi connectivity index (χ0v) is 19.9. The molecule has 0 bridgehead atoms. The average molecular weight is 473 g/mol. The summed E-state index contributed by atoms with van der Waals surface area (Å²) < 4.78 is 16.6. The molecule has 33 heavy (non-hydrogen) atoms. The molecule has 2 rings (SSSR count). The second kappa shape index (κ2) is 13.4. The Morgan fingerprint density at radius 3 is 2.45 bits per heavy atom. The Hall–Kier alpha value is -1.52. The fourth-order valence-corrected chi connectivity index (χ4v) is 4.24. The Bertz CT molecular complexity index is 662. The molecule has 8 atom stereocenters. The summed E-state index contributed by atoms with van der Waals surface area (Å²) in [6, 6.07) is 0. The molecule has 9 nitrogen and oxygen atoms in total. The second-order valence-corrected chi connectivity index (χ2v) is 9.51. The van der Waals surface area contributed by atoms with E-state index in [4.69, 9.17) is 19.3 Å². The van der Waals surface area contributed by atoms with E-state index in [9.17, 15) is 24.9 Å². The van der Waals surface area contributed by atoms with Crippen LogP contribution in [0.2, 0.25) is 0 Å². The van der Waals surface area contributed by atoms with Gasteiger partial charge in [0.25, 0.3) is 0 Å². The molecule has 2 aliphatic rings.